The highest BCUT2D eigenvalue weighted by molar-refractivity contribution is 7.89. The summed E-state index contributed by atoms with van der Waals surface area (Å²) in [6.45, 7) is 2.29. The van der Waals surface area contributed by atoms with E-state index < -0.39 is 21.3 Å². The Labute approximate surface area is 171 Å². The molecule has 0 radical (unpaired) electrons. The first-order valence-corrected chi connectivity index (χ1v) is 11.3. The highest BCUT2D eigenvalue weighted by Gasteiger charge is 2.45. The van der Waals surface area contributed by atoms with Gasteiger partial charge in [0, 0.05) is 24.9 Å². The summed E-state index contributed by atoms with van der Waals surface area (Å²) >= 11 is 0. The molecule has 4 nitrogen and oxygen atoms in total. The normalized spacial score (nSPS) is 22.8. The summed E-state index contributed by atoms with van der Waals surface area (Å²) in [4.78, 5) is 12.1. The Balaban J connectivity index is 1.72. The van der Waals surface area contributed by atoms with Gasteiger partial charge in [0.1, 0.15) is 5.82 Å². The lowest BCUT2D eigenvalue weighted by molar-refractivity contribution is -0.116. The molecule has 0 aromatic heterocycles. The van der Waals surface area contributed by atoms with Gasteiger partial charge in [0.05, 0.1) is 4.90 Å². The van der Waals surface area contributed by atoms with Crippen LogP contribution in [0.5, 0.6) is 0 Å². The minimum atomic E-state index is -3.83. The zero-order chi connectivity index (χ0) is 20.6. The van der Waals surface area contributed by atoms with E-state index in [1.54, 1.807) is 13.0 Å². The van der Waals surface area contributed by atoms with Gasteiger partial charge in [-0.2, -0.15) is 4.31 Å². The largest absolute Gasteiger partial charge is 0.295 e. The highest BCUT2D eigenvalue weighted by Crippen LogP contribution is 2.46. The Morgan fingerprint density at radius 3 is 2.62 bits per heavy atom. The van der Waals surface area contributed by atoms with Gasteiger partial charge in [0.15, 0.2) is 5.78 Å². The first kappa shape index (κ1) is 20.0. The minimum absolute atomic E-state index is 0.0201. The second-order valence-electron chi connectivity index (χ2n) is 8.08. The molecule has 6 heteroatoms. The van der Waals surface area contributed by atoms with Crippen molar-refractivity contribution in [3.63, 3.8) is 0 Å². The first-order chi connectivity index (χ1) is 13.8. The number of carbonyl (C=O) groups excluding carboxylic acids is 1. The van der Waals surface area contributed by atoms with E-state index in [9.17, 15) is 17.6 Å². The summed E-state index contributed by atoms with van der Waals surface area (Å²) in [6.07, 6.45) is 3.97. The zero-order valence-corrected chi connectivity index (χ0v) is 17.2. The molecule has 1 saturated heterocycles. The number of aryl methyl sites for hydroxylation is 1. The van der Waals surface area contributed by atoms with Crippen LogP contribution < -0.4 is 0 Å². The highest BCUT2D eigenvalue weighted by atomic mass is 32.2. The number of rotatable bonds is 4. The van der Waals surface area contributed by atoms with Crippen molar-refractivity contribution in [3.05, 3.63) is 77.1 Å². The fourth-order valence-corrected chi connectivity index (χ4v) is 6.33. The van der Waals surface area contributed by atoms with Gasteiger partial charge in [0.25, 0.3) is 0 Å². The Kier molecular flexibility index (Phi) is 5.17. The van der Waals surface area contributed by atoms with Crippen molar-refractivity contribution in [1.29, 1.82) is 0 Å². The van der Waals surface area contributed by atoms with Crippen molar-refractivity contribution in [2.75, 3.05) is 13.1 Å². The van der Waals surface area contributed by atoms with Gasteiger partial charge in [-0.3, -0.25) is 4.79 Å². The molecule has 0 saturated carbocycles. The Bertz CT molecular complexity index is 1080. The zero-order valence-electron chi connectivity index (χ0n) is 16.4. The molecule has 1 aliphatic heterocycles. The van der Waals surface area contributed by atoms with Crippen molar-refractivity contribution >= 4 is 15.8 Å². The predicted molar refractivity (Wildman–Crippen MR) is 109 cm³/mol. The summed E-state index contributed by atoms with van der Waals surface area (Å²) in [7, 11) is -3.83. The molecule has 1 unspecified atom stereocenters. The van der Waals surface area contributed by atoms with E-state index in [1.807, 2.05) is 30.3 Å². The average Bonchev–Trinajstić information content (AvgIpc) is 2.70. The van der Waals surface area contributed by atoms with Crippen LogP contribution in [0.15, 0.2) is 65.1 Å². The molecule has 1 heterocycles. The van der Waals surface area contributed by atoms with Gasteiger partial charge in [0.2, 0.25) is 10.0 Å². The maximum Gasteiger partial charge on any atom is 0.243 e. The van der Waals surface area contributed by atoms with Gasteiger partial charge in [-0.25, -0.2) is 12.8 Å². The lowest BCUT2D eigenvalue weighted by Gasteiger charge is -2.46. The summed E-state index contributed by atoms with van der Waals surface area (Å²) in [5.74, 6) is -0.449. The van der Waals surface area contributed by atoms with E-state index >= 15 is 0 Å². The number of hydrogen-bond donors (Lipinski definition) is 0. The molecule has 0 amide bonds. The van der Waals surface area contributed by atoms with Crippen molar-refractivity contribution in [1.82, 2.24) is 4.31 Å². The molecule has 2 aromatic carbocycles. The van der Waals surface area contributed by atoms with Crippen LogP contribution in [0.1, 0.15) is 30.4 Å². The van der Waals surface area contributed by atoms with Crippen LogP contribution in [0.25, 0.3) is 0 Å². The number of sulfonamides is 1. The van der Waals surface area contributed by atoms with E-state index in [4.69, 9.17) is 0 Å². The van der Waals surface area contributed by atoms with E-state index in [2.05, 4.69) is 0 Å². The van der Waals surface area contributed by atoms with Crippen LogP contribution in [-0.2, 0) is 21.2 Å². The van der Waals surface area contributed by atoms with Gasteiger partial charge >= 0.3 is 0 Å². The van der Waals surface area contributed by atoms with E-state index in [0.29, 0.717) is 44.3 Å². The molecule has 4 rings (SSSR count). The number of carbonyl (C=O) groups is 1. The van der Waals surface area contributed by atoms with Gasteiger partial charge in [-0.05, 0) is 55.5 Å². The molecule has 2 aliphatic rings. The third kappa shape index (κ3) is 3.79. The SMILES string of the molecule is Cc1ccc(F)cc1S(=O)(=O)N1CCC2=CC(=O)CCC2(Cc2ccccc2)C1. The van der Waals surface area contributed by atoms with Crippen molar-refractivity contribution in [2.24, 2.45) is 5.41 Å². The number of fused-ring (bicyclic) bond motifs is 1. The average molecular weight is 414 g/mol. The fraction of sp³-hybridized carbons (Fsp3) is 0.348. The summed E-state index contributed by atoms with van der Waals surface area (Å²) in [5.41, 5.74) is 2.29. The number of piperidine rings is 1. The van der Waals surface area contributed by atoms with Crippen LogP contribution in [0.4, 0.5) is 4.39 Å². The van der Waals surface area contributed by atoms with E-state index in [1.165, 1.54) is 16.4 Å². The van der Waals surface area contributed by atoms with Crippen LogP contribution in [0.2, 0.25) is 0 Å². The summed E-state index contributed by atoms with van der Waals surface area (Å²) in [6, 6.07) is 13.8. The Morgan fingerprint density at radius 2 is 1.86 bits per heavy atom. The summed E-state index contributed by atoms with van der Waals surface area (Å²) in [5, 5.41) is 0. The number of allylic oxidation sites excluding steroid dienone is 1. The first-order valence-electron chi connectivity index (χ1n) is 9.84. The number of ketones is 1. The lowest BCUT2D eigenvalue weighted by Crippen LogP contribution is -2.49. The summed E-state index contributed by atoms with van der Waals surface area (Å²) < 4.78 is 42.0. The molecule has 2 aromatic rings. The number of halogens is 1. The molecule has 152 valence electrons. The third-order valence-electron chi connectivity index (χ3n) is 6.13. The lowest BCUT2D eigenvalue weighted by atomic mass is 9.66. The molecular weight excluding hydrogens is 389 g/mol. The molecule has 1 atom stereocenters. The van der Waals surface area contributed by atoms with Crippen LogP contribution in [0.3, 0.4) is 0 Å². The standard InChI is InChI=1S/C23H24FNO3S/c1-17-7-8-20(24)14-22(17)29(27,28)25-12-10-19-13-21(26)9-11-23(19,16-25)15-18-5-3-2-4-6-18/h2-8,13-14H,9-12,15-16H2,1H3. The van der Waals surface area contributed by atoms with Gasteiger partial charge in [-0.1, -0.05) is 42.0 Å². The molecular formula is C23H24FNO3S. The quantitative estimate of drug-likeness (QED) is 0.760. The minimum Gasteiger partial charge on any atom is -0.295 e. The van der Waals surface area contributed by atoms with Crippen LogP contribution >= 0.6 is 0 Å². The number of hydrogen-bond acceptors (Lipinski definition) is 3. The van der Waals surface area contributed by atoms with Crippen LogP contribution in [0, 0.1) is 18.2 Å². The van der Waals surface area contributed by atoms with Crippen molar-refractivity contribution in [2.45, 2.75) is 37.5 Å². The molecule has 0 N–H and O–H groups in total. The Morgan fingerprint density at radius 1 is 1.10 bits per heavy atom. The Hall–Kier alpha value is -2.31. The molecule has 0 spiro atoms. The maximum absolute atomic E-state index is 13.8. The maximum atomic E-state index is 13.8. The predicted octanol–water partition coefficient (Wildman–Crippen LogP) is 4.05. The molecule has 29 heavy (non-hydrogen) atoms. The topological polar surface area (TPSA) is 54.5 Å². The second kappa shape index (κ2) is 7.50. The monoisotopic (exact) mass is 413 g/mol. The van der Waals surface area contributed by atoms with Crippen LogP contribution in [-0.4, -0.2) is 31.6 Å². The number of nitrogens with zero attached hydrogens (tertiary/aromatic N) is 1. The number of benzene rings is 2. The molecule has 1 aliphatic carbocycles. The smallest absolute Gasteiger partial charge is 0.243 e. The van der Waals surface area contributed by atoms with E-state index in [-0.39, 0.29) is 10.7 Å². The van der Waals surface area contributed by atoms with Crippen molar-refractivity contribution in [3.8, 4) is 0 Å². The second-order valence-corrected chi connectivity index (χ2v) is 9.98. The molecule has 0 bridgehead atoms. The van der Waals surface area contributed by atoms with Gasteiger partial charge in [-0.15, -0.1) is 0 Å². The van der Waals surface area contributed by atoms with E-state index in [0.717, 1.165) is 17.2 Å². The van der Waals surface area contributed by atoms with Crippen molar-refractivity contribution < 1.29 is 17.6 Å². The molecule has 1 fully saturated rings. The third-order valence-corrected chi connectivity index (χ3v) is 8.12. The fourth-order valence-electron chi connectivity index (χ4n) is 4.56. The van der Waals surface area contributed by atoms with Gasteiger partial charge < -0.3 is 0 Å².